The second kappa shape index (κ2) is 6.95. The first-order valence-corrected chi connectivity index (χ1v) is 9.37. The number of piperidine rings is 1. The molecule has 3 N–H and O–H groups in total. The number of allylic oxidation sites excluding steroid dienone is 2. The Morgan fingerprint density at radius 1 is 1.12 bits per heavy atom. The van der Waals surface area contributed by atoms with Crippen LogP contribution in [0.5, 0.6) is 0 Å². The van der Waals surface area contributed by atoms with Crippen molar-refractivity contribution in [1.82, 2.24) is 15.5 Å². The number of anilines is 1. The van der Waals surface area contributed by atoms with Gasteiger partial charge < -0.3 is 10.6 Å². The lowest BCUT2D eigenvalue weighted by Gasteiger charge is -2.33. The Balaban J connectivity index is 1.90. The third-order valence-electron chi connectivity index (χ3n) is 5.15. The van der Waals surface area contributed by atoms with Gasteiger partial charge in [-0.25, -0.2) is 0 Å². The molecule has 7 heteroatoms. The number of nitrogens with zero attached hydrogens (tertiary/aromatic N) is 3. The van der Waals surface area contributed by atoms with E-state index in [1.807, 2.05) is 12.1 Å². The van der Waals surface area contributed by atoms with Gasteiger partial charge in [-0.2, -0.15) is 15.6 Å². The Hall–Kier alpha value is -2.61. The lowest BCUT2D eigenvalue weighted by molar-refractivity contribution is 0.418. The number of benzene rings is 1. The van der Waals surface area contributed by atoms with Crippen LogP contribution in [0.2, 0.25) is 0 Å². The normalized spacial score (nSPS) is 20.0. The first-order valence-electron chi connectivity index (χ1n) is 8.58. The summed E-state index contributed by atoms with van der Waals surface area (Å²) in [7, 11) is 0. The van der Waals surface area contributed by atoms with E-state index in [1.54, 1.807) is 12.3 Å². The van der Waals surface area contributed by atoms with Crippen LogP contribution in [-0.2, 0) is 0 Å². The molecule has 0 saturated carbocycles. The standard InChI is InChI=1S/C19H17BrN6/c20-17-12(8-21)2-1-3-13(17)16-14(9-22)18(11-4-6-23-7-5-11)25-19-15(16)10-24-26-19/h1-3,10-11,16,23H,4-7H2,(H2,24,25,26). The Morgan fingerprint density at radius 3 is 2.65 bits per heavy atom. The molecule has 4 rings (SSSR count). The lowest BCUT2D eigenvalue weighted by Crippen LogP contribution is -2.32. The van der Waals surface area contributed by atoms with Gasteiger partial charge in [0.1, 0.15) is 11.9 Å². The first kappa shape index (κ1) is 16.8. The van der Waals surface area contributed by atoms with Crippen molar-refractivity contribution in [3.05, 3.63) is 56.8 Å². The number of hydrogen-bond donors (Lipinski definition) is 3. The van der Waals surface area contributed by atoms with Crippen LogP contribution in [0.4, 0.5) is 5.82 Å². The molecule has 0 spiro atoms. The van der Waals surface area contributed by atoms with E-state index in [9.17, 15) is 10.5 Å². The van der Waals surface area contributed by atoms with Crippen molar-refractivity contribution in [3.8, 4) is 12.1 Å². The summed E-state index contributed by atoms with van der Waals surface area (Å²) >= 11 is 3.57. The van der Waals surface area contributed by atoms with Crippen LogP contribution < -0.4 is 10.6 Å². The van der Waals surface area contributed by atoms with Gasteiger partial charge >= 0.3 is 0 Å². The molecule has 1 fully saturated rings. The fourth-order valence-electron chi connectivity index (χ4n) is 3.87. The summed E-state index contributed by atoms with van der Waals surface area (Å²) in [6.45, 7) is 1.89. The van der Waals surface area contributed by atoms with E-state index in [2.05, 4.69) is 48.9 Å². The van der Waals surface area contributed by atoms with Crippen LogP contribution in [0, 0.1) is 28.6 Å². The third kappa shape index (κ3) is 2.70. The highest BCUT2D eigenvalue weighted by Gasteiger charge is 2.35. The van der Waals surface area contributed by atoms with Gasteiger partial charge in [0.2, 0.25) is 0 Å². The van der Waals surface area contributed by atoms with Crippen LogP contribution in [-0.4, -0.2) is 23.3 Å². The largest absolute Gasteiger partial charge is 0.343 e. The maximum atomic E-state index is 10.0. The highest BCUT2D eigenvalue weighted by Crippen LogP contribution is 2.45. The Morgan fingerprint density at radius 2 is 1.92 bits per heavy atom. The molecular formula is C19H17BrN6. The van der Waals surface area contributed by atoms with Crippen molar-refractivity contribution in [2.24, 2.45) is 5.92 Å². The zero-order valence-corrected chi connectivity index (χ0v) is 15.6. The van der Waals surface area contributed by atoms with E-state index >= 15 is 0 Å². The van der Waals surface area contributed by atoms with E-state index in [0.717, 1.165) is 53.0 Å². The summed E-state index contributed by atoms with van der Waals surface area (Å²) in [4.78, 5) is 0. The average molecular weight is 409 g/mol. The van der Waals surface area contributed by atoms with Crippen LogP contribution in [0.1, 0.15) is 35.4 Å². The van der Waals surface area contributed by atoms with Gasteiger partial charge in [0.25, 0.3) is 0 Å². The summed E-state index contributed by atoms with van der Waals surface area (Å²) in [6, 6.07) is 10.3. The highest BCUT2D eigenvalue weighted by molar-refractivity contribution is 9.10. The number of hydrogen-bond acceptors (Lipinski definition) is 5. The molecule has 6 nitrogen and oxygen atoms in total. The van der Waals surface area contributed by atoms with Gasteiger partial charge in [0.05, 0.1) is 29.3 Å². The molecule has 0 bridgehead atoms. The summed E-state index contributed by atoms with van der Waals surface area (Å²) in [6.07, 6.45) is 3.74. The molecule has 1 atom stereocenters. The molecule has 3 heterocycles. The zero-order valence-electron chi connectivity index (χ0n) is 14.0. The number of halogens is 1. The Bertz CT molecular complexity index is 955. The number of aromatic amines is 1. The van der Waals surface area contributed by atoms with Crippen LogP contribution in [0.3, 0.4) is 0 Å². The molecule has 2 aromatic rings. The first-order chi connectivity index (χ1) is 12.7. The molecule has 26 heavy (non-hydrogen) atoms. The topological polar surface area (TPSA) is 100 Å². The van der Waals surface area contributed by atoms with Crippen molar-refractivity contribution < 1.29 is 0 Å². The summed E-state index contributed by atoms with van der Waals surface area (Å²) < 4.78 is 0.735. The van der Waals surface area contributed by atoms with Crippen molar-refractivity contribution >= 4 is 21.7 Å². The average Bonchev–Trinajstić information content (AvgIpc) is 3.16. The Labute approximate surface area is 160 Å². The SMILES string of the molecule is N#CC1=C(C2CCNCC2)Nc2[nH]ncc2C1c1cccc(C#N)c1Br. The molecule has 0 radical (unpaired) electrons. The minimum absolute atomic E-state index is 0.248. The molecule has 1 aromatic heterocycles. The number of fused-ring (bicyclic) bond motifs is 1. The minimum Gasteiger partial charge on any atom is -0.343 e. The maximum absolute atomic E-state index is 10.0. The molecule has 1 saturated heterocycles. The van der Waals surface area contributed by atoms with E-state index in [4.69, 9.17) is 0 Å². The summed E-state index contributed by atoms with van der Waals surface area (Å²) in [5.41, 5.74) is 4.09. The van der Waals surface area contributed by atoms with Gasteiger partial charge in [-0.15, -0.1) is 0 Å². The molecule has 130 valence electrons. The van der Waals surface area contributed by atoms with Gasteiger partial charge in [-0.1, -0.05) is 12.1 Å². The van der Waals surface area contributed by atoms with E-state index < -0.39 is 0 Å². The minimum atomic E-state index is -0.248. The Kier molecular flexibility index (Phi) is 4.50. The van der Waals surface area contributed by atoms with Crippen LogP contribution >= 0.6 is 15.9 Å². The second-order valence-electron chi connectivity index (χ2n) is 6.54. The van der Waals surface area contributed by atoms with Crippen molar-refractivity contribution in [3.63, 3.8) is 0 Å². The third-order valence-corrected chi connectivity index (χ3v) is 6.03. The fourth-order valence-corrected chi connectivity index (χ4v) is 4.45. The molecule has 2 aliphatic heterocycles. The van der Waals surface area contributed by atoms with Crippen molar-refractivity contribution in [2.75, 3.05) is 18.4 Å². The van der Waals surface area contributed by atoms with Crippen molar-refractivity contribution in [1.29, 1.82) is 10.5 Å². The van der Waals surface area contributed by atoms with Gasteiger partial charge in [-0.05, 0) is 53.5 Å². The van der Waals surface area contributed by atoms with E-state index in [-0.39, 0.29) is 5.92 Å². The van der Waals surface area contributed by atoms with Crippen LogP contribution in [0.15, 0.2) is 40.1 Å². The number of aromatic nitrogens is 2. The van der Waals surface area contributed by atoms with E-state index in [1.165, 1.54) is 0 Å². The predicted molar refractivity (Wildman–Crippen MR) is 101 cm³/mol. The fraction of sp³-hybridized carbons (Fsp3) is 0.316. The quantitative estimate of drug-likeness (QED) is 0.706. The van der Waals surface area contributed by atoms with Gasteiger partial charge in [-0.3, -0.25) is 5.10 Å². The second-order valence-corrected chi connectivity index (χ2v) is 7.34. The number of rotatable bonds is 2. The molecule has 1 aromatic carbocycles. The molecular weight excluding hydrogens is 392 g/mol. The monoisotopic (exact) mass is 408 g/mol. The number of nitrogens with one attached hydrogen (secondary N) is 3. The van der Waals surface area contributed by atoms with Gasteiger partial charge in [0.15, 0.2) is 0 Å². The number of H-pyrrole nitrogens is 1. The van der Waals surface area contributed by atoms with E-state index in [0.29, 0.717) is 17.1 Å². The molecule has 0 amide bonds. The summed E-state index contributed by atoms with van der Waals surface area (Å²) in [5, 5.41) is 33.4. The molecule has 0 aliphatic carbocycles. The van der Waals surface area contributed by atoms with Crippen LogP contribution in [0.25, 0.3) is 0 Å². The lowest BCUT2D eigenvalue weighted by atomic mass is 9.79. The predicted octanol–water partition coefficient (Wildman–Crippen LogP) is 3.38. The number of nitriles is 2. The van der Waals surface area contributed by atoms with Crippen molar-refractivity contribution in [2.45, 2.75) is 18.8 Å². The zero-order chi connectivity index (χ0) is 18.1. The highest BCUT2D eigenvalue weighted by atomic mass is 79.9. The van der Waals surface area contributed by atoms with Gasteiger partial charge in [0, 0.05) is 21.7 Å². The molecule has 1 unspecified atom stereocenters. The summed E-state index contributed by atoms with van der Waals surface area (Å²) in [5.74, 6) is 0.891. The molecule has 2 aliphatic rings. The maximum Gasteiger partial charge on any atom is 0.129 e. The smallest absolute Gasteiger partial charge is 0.129 e.